The topological polar surface area (TPSA) is 46.1 Å². The minimum Gasteiger partial charge on any atom is -0.346 e. The van der Waals surface area contributed by atoms with E-state index in [0.717, 1.165) is 23.1 Å². The van der Waals surface area contributed by atoms with E-state index in [2.05, 4.69) is 22.1 Å². The normalized spacial score (nSPS) is 10.6. The highest BCUT2D eigenvalue weighted by Gasteiger charge is 2.11. The molecule has 0 fully saturated rings. The summed E-state index contributed by atoms with van der Waals surface area (Å²) in [7, 11) is 0. The van der Waals surface area contributed by atoms with Gasteiger partial charge in [0.25, 0.3) is 0 Å². The molecule has 0 aliphatic carbocycles. The first-order chi connectivity index (χ1) is 10.7. The number of carbonyl (C=O) groups is 1. The average molecular weight is 314 g/mol. The summed E-state index contributed by atoms with van der Waals surface area (Å²) in [5.41, 5.74) is 2.46. The number of urea groups is 1. The Morgan fingerprint density at radius 2 is 1.73 bits per heavy atom. The number of nitrogens with one attached hydrogen (secondary N) is 2. The van der Waals surface area contributed by atoms with Crippen molar-refractivity contribution in [1.82, 2.24) is 4.57 Å². The van der Waals surface area contributed by atoms with E-state index in [-0.39, 0.29) is 6.03 Å². The molecule has 2 amide bonds. The van der Waals surface area contributed by atoms with Gasteiger partial charge in [-0.25, -0.2) is 4.79 Å². The van der Waals surface area contributed by atoms with Crippen LogP contribution < -0.4 is 10.6 Å². The van der Waals surface area contributed by atoms with E-state index in [0.29, 0.717) is 10.7 Å². The molecule has 0 atom stereocenters. The molecular weight excluding hydrogens is 298 g/mol. The van der Waals surface area contributed by atoms with Gasteiger partial charge in [0, 0.05) is 18.1 Å². The van der Waals surface area contributed by atoms with Crippen molar-refractivity contribution in [3.05, 3.63) is 59.8 Å². The summed E-state index contributed by atoms with van der Waals surface area (Å²) in [4.78, 5) is 12.2. The summed E-state index contributed by atoms with van der Waals surface area (Å²) < 4.78 is 2.10. The standard InChI is InChI=1S/C17H16ClN3O/c1-2-21-11-15(12-7-3-6-10-16(12)21)20-17(22)19-14-9-5-4-8-13(14)18/h3-11H,2H2,1H3,(H2,19,20,22). The largest absolute Gasteiger partial charge is 0.346 e. The van der Waals surface area contributed by atoms with Crippen LogP contribution >= 0.6 is 11.6 Å². The van der Waals surface area contributed by atoms with Gasteiger partial charge >= 0.3 is 6.03 Å². The Hall–Kier alpha value is -2.46. The number of hydrogen-bond acceptors (Lipinski definition) is 1. The van der Waals surface area contributed by atoms with Gasteiger partial charge in [-0.05, 0) is 25.1 Å². The van der Waals surface area contributed by atoms with Crippen molar-refractivity contribution in [1.29, 1.82) is 0 Å². The number of rotatable bonds is 3. The lowest BCUT2D eigenvalue weighted by molar-refractivity contribution is 0.262. The third-order valence-electron chi connectivity index (χ3n) is 3.50. The Kier molecular flexibility index (Phi) is 4.02. The van der Waals surface area contributed by atoms with Gasteiger partial charge in [-0.15, -0.1) is 0 Å². The molecule has 112 valence electrons. The second-order valence-electron chi connectivity index (χ2n) is 4.90. The fraction of sp³-hybridized carbons (Fsp3) is 0.118. The number of benzene rings is 2. The molecule has 1 aromatic heterocycles. The molecule has 1 heterocycles. The predicted octanol–water partition coefficient (Wildman–Crippen LogP) is 4.96. The molecule has 3 rings (SSSR count). The lowest BCUT2D eigenvalue weighted by atomic mass is 10.2. The van der Waals surface area contributed by atoms with Crippen molar-refractivity contribution in [3.8, 4) is 0 Å². The van der Waals surface area contributed by atoms with Crippen LogP contribution in [0.3, 0.4) is 0 Å². The molecular formula is C17H16ClN3O. The average Bonchev–Trinajstić information content (AvgIpc) is 2.88. The van der Waals surface area contributed by atoms with Crippen LogP contribution in [0.15, 0.2) is 54.7 Å². The number of nitrogens with zero attached hydrogens (tertiary/aromatic N) is 1. The van der Waals surface area contributed by atoms with E-state index < -0.39 is 0 Å². The van der Waals surface area contributed by atoms with Crippen molar-refractivity contribution in [2.45, 2.75) is 13.5 Å². The lowest BCUT2D eigenvalue weighted by Crippen LogP contribution is -2.19. The zero-order chi connectivity index (χ0) is 15.5. The van der Waals surface area contributed by atoms with E-state index in [1.54, 1.807) is 12.1 Å². The van der Waals surface area contributed by atoms with E-state index in [1.165, 1.54) is 0 Å². The van der Waals surface area contributed by atoms with Crippen LogP contribution in [0.25, 0.3) is 10.9 Å². The third-order valence-corrected chi connectivity index (χ3v) is 3.83. The molecule has 0 bridgehead atoms. The zero-order valence-corrected chi connectivity index (χ0v) is 12.9. The quantitative estimate of drug-likeness (QED) is 0.705. The van der Waals surface area contributed by atoms with Gasteiger partial charge in [0.05, 0.1) is 21.9 Å². The van der Waals surface area contributed by atoms with Crippen molar-refractivity contribution in [3.63, 3.8) is 0 Å². The molecule has 0 aliphatic rings. The summed E-state index contributed by atoms with van der Waals surface area (Å²) in [6.07, 6.45) is 1.94. The third kappa shape index (κ3) is 2.78. The summed E-state index contributed by atoms with van der Waals surface area (Å²) in [5, 5.41) is 7.17. The number of aryl methyl sites for hydroxylation is 1. The van der Waals surface area contributed by atoms with Gasteiger partial charge in [-0.2, -0.15) is 0 Å². The van der Waals surface area contributed by atoms with Crippen LogP contribution in [0.4, 0.5) is 16.2 Å². The van der Waals surface area contributed by atoms with Crippen molar-refractivity contribution in [2.75, 3.05) is 10.6 Å². The van der Waals surface area contributed by atoms with Gasteiger partial charge in [-0.1, -0.05) is 41.9 Å². The maximum absolute atomic E-state index is 12.2. The van der Waals surface area contributed by atoms with Gasteiger partial charge in [-0.3, -0.25) is 0 Å². The number of carbonyl (C=O) groups excluding carboxylic acids is 1. The first-order valence-electron chi connectivity index (χ1n) is 7.09. The number of anilines is 2. The molecule has 2 N–H and O–H groups in total. The van der Waals surface area contributed by atoms with Crippen molar-refractivity contribution >= 4 is 39.9 Å². The van der Waals surface area contributed by atoms with Gasteiger partial charge in [0.1, 0.15) is 0 Å². The van der Waals surface area contributed by atoms with E-state index in [4.69, 9.17) is 11.6 Å². The molecule has 5 heteroatoms. The van der Waals surface area contributed by atoms with Crippen LogP contribution in [-0.4, -0.2) is 10.6 Å². The smallest absolute Gasteiger partial charge is 0.323 e. The van der Waals surface area contributed by atoms with E-state index in [9.17, 15) is 4.79 Å². The molecule has 0 unspecified atom stereocenters. The summed E-state index contributed by atoms with van der Waals surface area (Å²) >= 11 is 6.05. The Morgan fingerprint density at radius 3 is 2.50 bits per heavy atom. The number of hydrogen-bond donors (Lipinski definition) is 2. The van der Waals surface area contributed by atoms with Crippen LogP contribution in [0.1, 0.15) is 6.92 Å². The molecule has 4 nitrogen and oxygen atoms in total. The van der Waals surface area contributed by atoms with Crippen LogP contribution in [-0.2, 0) is 6.54 Å². The lowest BCUT2D eigenvalue weighted by Gasteiger charge is -2.08. The van der Waals surface area contributed by atoms with Gasteiger partial charge < -0.3 is 15.2 Å². The number of halogens is 1. The monoisotopic (exact) mass is 313 g/mol. The number of amides is 2. The minimum atomic E-state index is -0.313. The van der Waals surface area contributed by atoms with Gasteiger partial charge in [0.2, 0.25) is 0 Å². The molecule has 22 heavy (non-hydrogen) atoms. The second kappa shape index (κ2) is 6.12. The highest BCUT2D eigenvalue weighted by atomic mass is 35.5. The summed E-state index contributed by atoms with van der Waals surface area (Å²) in [5.74, 6) is 0. The van der Waals surface area contributed by atoms with Crippen LogP contribution in [0.5, 0.6) is 0 Å². The molecule has 0 saturated heterocycles. The Balaban J connectivity index is 1.84. The first kappa shape index (κ1) is 14.5. The Labute approximate surface area is 133 Å². The van der Waals surface area contributed by atoms with Crippen LogP contribution in [0, 0.1) is 0 Å². The molecule has 0 radical (unpaired) electrons. The summed E-state index contributed by atoms with van der Waals surface area (Å²) in [6.45, 7) is 2.91. The zero-order valence-electron chi connectivity index (χ0n) is 12.1. The molecule has 3 aromatic rings. The maximum atomic E-state index is 12.2. The minimum absolute atomic E-state index is 0.313. The highest BCUT2D eigenvalue weighted by molar-refractivity contribution is 6.33. The van der Waals surface area contributed by atoms with Gasteiger partial charge in [0.15, 0.2) is 0 Å². The molecule has 0 saturated carbocycles. The predicted molar refractivity (Wildman–Crippen MR) is 91.7 cm³/mol. The Bertz CT molecular complexity index is 826. The van der Waals surface area contributed by atoms with Crippen LogP contribution in [0.2, 0.25) is 5.02 Å². The molecule has 0 spiro atoms. The fourth-order valence-corrected chi connectivity index (χ4v) is 2.63. The number of para-hydroxylation sites is 2. The summed E-state index contributed by atoms with van der Waals surface area (Å²) in [6, 6.07) is 14.8. The molecule has 0 aliphatic heterocycles. The Morgan fingerprint density at radius 1 is 1.05 bits per heavy atom. The van der Waals surface area contributed by atoms with Crippen molar-refractivity contribution < 1.29 is 4.79 Å². The number of aromatic nitrogens is 1. The van der Waals surface area contributed by atoms with Crippen molar-refractivity contribution in [2.24, 2.45) is 0 Å². The van der Waals surface area contributed by atoms with E-state index >= 15 is 0 Å². The maximum Gasteiger partial charge on any atom is 0.323 e. The van der Waals surface area contributed by atoms with E-state index in [1.807, 2.05) is 42.6 Å². The highest BCUT2D eigenvalue weighted by Crippen LogP contribution is 2.26. The second-order valence-corrected chi connectivity index (χ2v) is 5.31. The molecule has 2 aromatic carbocycles. The first-order valence-corrected chi connectivity index (χ1v) is 7.47. The fourth-order valence-electron chi connectivity index (χ4n) is 2.45. The number of fused-ring (bicyclic) bond motifs is 1. The SMILES string of the molecule is CCn1cc(NC(=O)Nc2ccccc2Cl)c2ccccc21.